The van der Waals surface area contributed by atoms with Crippen molar-refractivity contribution in [1.82, 2.24) is 0 Å². The highest BCUT2D eigenvalue weighted by atomic mass is 16.7. The van der Waals surface area contributed by atoms with E-state index in [1.807, 2.05) is 0 Å². The average molecular weight is 288 g/mol. The van der Waals surface area contributed by atoms with Crippen LogP contribution >= 0.6 is 0 Å². The van der Waals surface area contributed by atoms with Gasteiger partial charge >= 0.3 is 11.6 Å². The van der Waals surface area contributed by atoms with Crippen LogP contribution in [0, 0.1) is 0 Å². The molecule has 6 nitrogen and oxygen atoms in total. The number of rotatable bonds is 2. The van der Waals surface area contributed by atoms with E-state index in [0.29, 0.717) is 16.9 Å². The fourth-order valence-electron chi connectivity index (χ4n) is 2.78. The lowest BCUT2D eigenvalue weighted by Gasteiger charge is -2.16. The molecule has 0 amide bonds. The zero-order valence-electron chi connectivity index (χ0n) is 11.4. The van der Waals surface area contributed by atoms with Gasteiger partial charge in [0.05, 0.1) is 7.11 Å². The van der Waals surface area contributed by atoms with E-state index in [1.54, 1.807) is 25.1 Å². The third-order valence-corrected chi connectivity index (χ3v) is 4.05. The van der Waals surface area contributed by atoms with Gasteiger partial charge in [-0.05, 0) is 19.1 Å². The second kappa shape index (κ2) is 3.85. The van der Waals surface area contributed by atoms with Crippen LogP contribution in [0.4, 0.5) is 0 Å². The Labute approximate surface area is 119 Å². The van der Waals surface area contributed by atoms with Crippen LogP contribution in [-0.2, 0) is 14.3 Å². The molecule has 1 aromatic heterocycles. The average Bonchev–Trinajstić information content (AvgIpc) is 3.09. The number of ether oxygens (including phenoxy) is 3. The molecule has 6 heteroatoms. The number of benzene rings is 1. The molecule has 0 spiro atoms. The number of hydrogen-bond acceptors (Lipinski definition) is 6. The standard InChI is InChI=1S/C15H12O6/c1-15-13(21-15)12(20-14(15)17)8-5-7-3-4-11(16)19-9(7)6-10(8)18-2/h3-6,12-13H,1-2H3/t12-,13?,15-/m1/s1. The third-order valence-electron chi connectivity index (χ3n) is 4.05. The Morgan fingerprint density at radius 1 is 1.24 bits per heavy atom. The Kier molecular flexibility index (Phi) is 2.28. The van der Waals surface area contributed by atoms with E-state index in [-0.39, 0.29) is 12.1 Å². The fraction of sp³-hybridized carbons (Fsp3) is 0.333. The summed E-state index contributed by atoms with van der Waals surface area (Å²) in [6.07, 6.45) is -0.805. The van der Waals surface area contributed by atoms with Crippen molar-refractivity contribution in [2.75, 3.05) is 7.11 Å². The number of fused-ring (bicyclic) bond motifs is 2. The van der Waals surface area contributed by atoms with E-state index in [0.717, 1.165) is 5.39 Å². The van der Waals surface area contributed by atoms with Crippen LogP contribution in [-0.4, -0.2) is 24.8 Å². The Hall–Kier alpha value is -2.34. The van der Waals surface area contributed by atoms with Gasteiger partial charge in [-0.1, -0.05) is 0 Å². The van der Waals surface area contributed by atoms with Crippen LogP contribution in [0.5, 0.6) is 5.75 Å². The SMILES string of the molecule is COc1cc2oc(=O)ccc2cc1[C@H]1OC(=O)[C@]2(C)OC12. The van der Waals surface area contributed by atoms with Gasteiger partial charge in [0.15, 0.2) is 11.7 Å². The molecule has 1 aromatic carbocycles. The molecule has 2 saturated heterocycles. The van der Waals surface area contributed by atoms with Crippen molar-refractivity contribution in [2.45, 2.75) is 24.7 Å². The number of cyclic esters (lactones) is 1. The number of epoxide rings is 1. The predicted octanol–water partition coefficient (Wildman–Crippen LogP) is 1.56. The fourth-order valence-corrected chi connectivity index (χ4v) is 2.78. The highest BCUT2D eigenvalue weighted by Gasteiger charge is 2.70. The van der Waals surface area contributed by atoms with Crippen molar-refractivity contribution in [3.8, 4) is 5.75 Å². The van der Waals surface area contributed by atoms with E-state index in [1.165, 1.54) is 13.2 Å². The van der Waals surface area contributed by atoms with Crippen molar-refractivity contribution in [1.29, 1.82) is 0 Å². The number of esters is 1. The largest absolute Gasteiger partial charge is 0.496 e. The summed E-state index contributed by atoms with van der Waals surface area (Å²) in [5.74, 6) is 0.133. The van der Waals surface area contributed by atoms with Gasteiger partial charge < -0.3 is 18.6 Å². The molecule has 3 atom stereocenters. The van der Waals surface area contributed by atoms with Gasteiger partial charge in [0.2, 0.25) is 0 Å². The molecule has 3 heterocycles. The second-order valence-electron chi connectivity index (χ2n) is 5.36. The first kappa shape index (κ1) is 12.4. The van der Waals surface area contributed by atoms with Gasteiger partial charge in [-0.2, -0.15) is 0 Å². The summed E-state index contributed by atoms with van der Waals surface area (Å²) in [6.45, 7) is 1.71. The molecule has 4 rings (SSSR count). The molecule has 0 saturated carbocycles. The van der Waals surface area contributed by atoms with Crippen LogP contribution < -0.4 is 10.4 Å². The summed E-state index contributed by atoms with van der Waals surface area (Å²) in [7, 11) is 1.51. The van der Waals surface area contributed by atoms with Crippen molar-refractivity contribution in [2.24, 2.45) is 0 Å². The molecular weight excluding hydrogens is 276 g/mol. The van der Waals surface area contributed by atoms with Gasteiger partial charge in [-0.3, -0.25) is 0 Å². The van der Waals surface area contributed by atoms with Crippen LogP contribution in [0.25, 0.3) is 11.0 Å². The van der Waals surface area contributed by atoms with Gasteiger partial charge in [-0.25, -0.2) is 9.59 Å². The number of carbonyl (C=O) groups is 1. The lowest BCUT2D eigenvalue weighted by molar-refractivity contribution is -0.153. The van der Waals surface area contributed by atoms with E-state index < -0.39 is 17.3 Å². The third kappa shape index (κ3) is 1.62. The van der Waals surface area contributed by atoms with Crippen molar-refractivity contribution in [3.63, 3.8) is 0 Å². The maximum atomic E-state index is 11.8. The summed E-state index contributed by atoms with van der Waals surface area (Å²) >= 11 is 0. The van der Waals surface area contributed by atoms with Gasteiger partial charge in [-0.15, -0.1) is 0 Å². The Morgan fingerprint density at radius 2 is 2.05 bits per heavy atom. The summed E-state index contributed by atoms with van der Waals surface area (Å²) < 4.78 is 21.3. The number of hydrogen-bond donors (Lipinski definition) is 0. The first-order chi connectivity index (χ1) is 10.0. The molecule has 2 aromatic rings. The van der Waals surface area contributed by atoms with E-state index in [9.17, 15) is 9.59 Å². The molecule has 21 heavy (non-hydrogen) atoms. The van der Waals surface area contributed by atoms with Gasteiger partial charge in [0, 0.05) is 23.1 Å². The molecule has 0 bridgehead atoms. The number of carbonyl (C=O) groups excluding carboxylic acids is 1. The van der Waals surface area contributed by atoms with E-state index in [4.69, 9.17) is 18.6 Å². The maximum Gasteiger partial charge on any atom is 0.341 e. The minimum absolute atomic E-state index is 0.299. The Bertz CT molecular complexity index is 823. The van der Waals surface area contributed by atoms with Crippen molar-refractivity contribution < 1.29 is 23.4 Å². The molecule has 0 N–H and O–H groups in total. The normalized spacial score (nSPS) is 30.1. The first-order valence-electron chi connectivity index (χ1n) is 6.53. The second-order valence-corrected chi connectivity index (χ2v) is 5.36. The predicted molar refractivity (Wildman–Crippen MR) is 71.1 cm³/mol. The molecule has 108 valence electrons. The topological polar surface area (TPSA) is 78.3 Å². The van der Waals surface area contributed by atoms with Crippen molar-refractivity contribution >= 4 is 16.9 Å². The molecule has 0 radical (unpaired) electrons. The van der Waals surface area contributed by atoms with Gasteiger partial charge in [0.25, 0.3) is 0 Å². The summed E-state index contributed by atoms with van der Waals surface area (Å²) in [5, 5.41) is 0.732. The van der Waals surface area contributed by atoms with Crippen LogP contribution in [0.15, 0.2) is 33.5 Å². The molecule has 1 unspecified atom stereocenters. The molecule has 2 aliphatic rings. The summed E-state index contributed by atoms with van der Waals surface area (Å²) in [6, 6.07) is 6.42. The van der Waals surface area contributed by atoms with Crippen LogP contribution in [0.1, 0.15) is 18.6 Å². The smallest absolute Gasteiger partial charge is 0.341 e. The zero-order chi connectivity index (χ0) is 14.8. The Morgan fingerprint density at radius 3 is 2.67 bits per heavy atom. The monoisotopic (exact) mass is 288 g/mol. The minimum Gasteiger partial charge on any atom is -0.496 e. The molecule has 0 aliphatic carbocycles. The molecular formula is C15H12O6. The summed E-state index contributed by atoms with van der Waals surface area (Å²) in [4.78, 5) is 23.1. The number of methoxy groups -OCH3 is 1. The first-order valence-corrected chi connectivity index (χ1v) is 6.53. The van der Waals surface area contributed by atoms with Gasteiger partial charge in [0.1, 0.15) is 17.4 Å². The molecule has 2 aliphatic heterocycles. The highest BCUT2D eigenvalue weighted by molar-refractivity contribution is 5.87. The summed E-state index contributed by atoms with van der Waals surface area (Å²) in [5.41, 5.74) is -0.138. The maximum absolute atomic E-state index is 11.8. The van der Waals surface area contributed by atoms with E-state index in [2.05, 4.69) is 0 Å². The zero-order valence-corrected chi connectivity index (χ0v) is 11.4. The van der Waals surface area contributed by atoms with Crippen LogP contribution in [0.2, 0.25) is 0 Å². The van der Waals surface area contributed by atoms with Crippen LogP contribution in [0.3, 0.4) is 0 Å². The Balaban J connectivity index is 1.87. The molecule has 2 fully saturated rings. The van der Waals surface area contributed by atoms with E-state index >= 15 is 0 Å². The lowest BCUT2D eigenvalue weighted by Crippen LogP contribution is -2.17. The highest BCUT2D eigenvalue weighted by Crippen LogP contribution is 2.54. The quantitative estimate of drug-likeness (QED) is 0.474. The lowest BCUT2D eigenvalue weighted by atomic mass is 9.99. The van der Waals surface area contributed by atoms with Crippen molar-refractivity contribution in [3.05, 3.63) is 40.2 Å². The minimum atomic E-state index is -0.839.